The Labute approximate surface area is 159 Å². The lowest BCUT2D eigenvalue weighted by atomic mass is 10.1. The van der Waals surface area contributed by atoms with Crippen LogP contribution in [0.3, 0.4) is 0 Å². The highest BCUT2D eigenvalue weighted by Crippen LogP contribution is 2.18. The van der Waals surface area contributed by atoms with Gasteiger partial charge in [0.1, 0.15) is 24.0 Å². The van der Waals surface area contributed by atoms with Crippen LogP contribution in [0.2, 0.25) is 5.02 Å². The molecule has 0 radical (unpaired) electrons. The molecule has 1 aliphatic rings. The summed E-state index contributed by atoms with van der Waals surface area (Å²) in [6.07, 6.45) is 3.78. The molecule has 0 bridgehead atoms. The van der Waals surface area contributed by atoms with Crippen molar-refractivity contribution in [3.05, 3.63) is 76.7 Å². The van der Waals surface area contributed by atoms with Crippen molar-refractivity contribution < 1.29 is 9.13 Å². The van der Waals surface area contributed by atoms with Crippen molar-refractivity contribution in [2.24, 2.45) is 4.99 Å². The largest absolute Gasteiger partial charge is 0.486 e. The smallest absolute Gasteiger partial charge is 0.146 e. The van der Waals surface area contributed by atoms with E-state index in [0.29, 0.717) is 18.9 Å². The minimum atomic E-state index is -0.279. The molecule has 0 fully saturated rings. The van der Waals surface area contributed by atoms with Crippen molar-refractivity contribution in [2.75, 3.05) is 13.2 Å². The first-order valence-electron chi connectivity index (χ1n) is 8.71. The summed E-state index contributed by atoms with van der Waals surface area (Å²) >= 11 is 6.14. The number of amidine groups is 1. The standard InChI is InChI=1S/C19H18ClFN2O.C2H6/c1-14-9-15(11-16(20)10-14)12-23-8-2-7-22-19(23)13-24-18-5-3-17(21)4-6-18;1-2/h2-7,9-11H,8,12-13H2,1H3;1-2H3. The Morgan fingerprint density at radius 3 is 2.58 bits per heavy atom. The van der Waals surface area contributed by atoms with Gasteiger partial charge in [0, 0.05) is 24.3 Å². The van der Waals surface area contributed by atoms with Crippen LogP contribution in [0.5, 0.6) is 5.75 Å². The maximum atomic E-state index is 12.9. The van der Waals surface area contributed by atoms with Gasteiger partial charge in [-0.25, -0.2) is 9.38 Å². The van der Waals surface area contributed by atoms with E-state index >= 15 is 0 Å². The Hall–Kier alpha value is -2.33. The van der Waals surface area contributed by atoms with E-state index in [1.807, 2.05) is 39.0 Å². The van der Waals surface area contributed by atoms with Gasteiger partial charge in [0.15, 0.2) is 0 Å². The summed E-state index contributed by atoms with van der Waals surface area (Å²) in [4.78, 5) is 6.55. The third-order valence-corrected chi connectivity index (χ3v) is 3.89. The normalized spacial score (nSPS) is 13.0. The summed E-state index contributed by atoms with van der Waals surface area (Å²) in [7, 11) is 0. The van der Waals surface area contributed by atoms with Crippen LogP contribution in [0, 0.1) is 12.7 Å². The molecular formula is C21H24ClFN2O. The van der Waals surface area contributed by atoms with Crippen LogP contribution in [0.1, 0.15) is 25.0 Å². The number of nitrogens with zero attached hydrogens (tertiary/aromatic N) is 2. The minimum absolute atomic E-state index is 0.279. The molecule has 3 nitrogen and oxygen atoms in total. The van der Waals surface area contributed by atoms with E-state index in [1.165, 1.54) is 12.1 Å². The van der Waals surface area contributed by atoms with Gasteiger partial charge in [-0.2, -0.15) is 0 Å². The molecule has 2 aromatic carbocycles. The lowest BCUT2D eigenvalue weighted by molar-refractivity contribution is 0.338. The van der Waals surface area contributed by atoms with Crippen molar-refractivity contribution in [1.29, 1.82) is 0 Å². The van der Waals surface area contributed by atoms with E-state index in [-0.39, 0.29) is 5.82 Å². The zero-order chi connectivity index (χ0) is 18.9. The number of hydrogen-bond acceptors (Lipinski definition) is 3. The molecule has 26 heavy (non-hydrogen) atoms. The Morgan fingerprint density at radius 1 is 1.15 bits per heavy atom. The van der Waals surface area contributed by atoms with Gasteiger partial charge in [-0.1, -0.05) is 31.5 Å². The van der Waals surface area contributed by atoms with Gasteiger partial charge in [-0.3, -0.25) is 0 Å². The Bertz CT molecular complexity index is 752. The molecule has 1 heterocycles. The van der Waals surface area contributed by atoms with Crippen molar-refractivity contribution >= 4 is 17.4 Å². The monoisotopic (exact) mass is 374 g/mol. The van der Waals surface area contributed by atoms with Crippen LogP contribution < -0.4 is 4.74 Å². The van der Waals surface area contributed by atoms with Crippen LogP contribution in [0.25, 0.3) is 0 Å². The zero-order valence-corrected chi connectivity index (χ0v) is 16.1. The average Bonchev–Trinajstić information content (AvgIpc) is 2.63. The fraction of sp³-hybridized carbons (Fsp3) is 0.286. The quantitative estimate of drug-likeness (QED) is 0.678. The number of rotatable bonds is 5. The summed E-state index contributed by atoms with van der Waals surface area (Å²) in [5.41, 5.74) is 2.26. The van der Waals surface area contributed by atoms with Gasteiger partial charge < -0.3 is 9.64 Å². The van der Waals surface area contributed by atoms with E-state index < -0.39 is 0 Å². The van der Waals surface area contributed by atoms with Crippen molar-refractivity contribution in [3.63, 3.8) is 0 Å². The SMILES string of the molecule is CC.Cc1cc(Cl)cc(CN2CC=CN=C2COc2ccc(F)cc2)c1. The third kappa shape index (κ3) is 5.88. The van der Waals surface area contributed by atoms with Gasteiger partial charge in [0.05, 0.1) is 0 Å². The van der Waals surface area contributed by atoms with Crippen molar-refractivity contribution in [1.82, 2.24) is 4.90 Å². The molecule has 0 atom stereocenters. The number of halogens is 2. The predicted molar refractivity (Wildman–Crippen MR) is 106 cm³/mol. The van der Waals surface area contributed by atoms with Crippen LogP contribution in [0.4, 0.5) is 4.39 Å². The Kier molecular flexibility index (Phi) is 7.67. The third-order valence-electron chi connectivity index (χ3n) is 3.68. The van der Waals surface area contributed by atoms with E-state index in [0.717, 1.165) is 28.5 Å². The molecule has 0 aromatic heterocycles. The number of aliphatic imine (C=N–C) groups is 1. The molecule has 5 heteroatoms. The lowest BCUT2D eigenvalue weighted by Crippen LogP contribution is -2.36. The topological polar surface area (TPSA) is 24.8 Å². The maximum Gasteiger partial charge on any atom is 0.146 e. The number of ether oxygens (including phenoxy) is 1. The highest BCUT2D eigenvalue weighted by Gasteiger charge is 2.14. The second-order valence-corrected chi connectivity index (χ2v) is 6.13. The molecule has 3 rings (SSSR count). The van der Waals surface area contributed by atoms with Crippen LogP contribution >= 0.6 is 11.6 Å². The Morgan fingerprint density at radius 2 is 1.88 bits per heavy atom. The fourth-order valence-electron chi connectivity index (χ4n) is 2.59. The molecular weight excluding hydrogens is 351 g/mol. The minimum Gasteiger partial charge on any atom is -0.486 e. The highest BCUT2D eigenvalue weighted by atomic mass is 35.5. The first kappa shape index (κ1) is 20.0. The molecule has 0 saturated carbocycles. The van der Waals surface area contributed by atoms with Crippen molar-refractivity contribution in [2.45, 2.75) is 27.3 Å². The summed E-state index contributed by atoms with van der Waals surface area (Å²) in [5, 5.41) is 0.735. The zero-order valence-electron chi connectivity index (χ0n) is 15.4. The second kappa shape index (κ2) is 9.97. The Balaban J connectivity index is 0.00000117. The summed E-state index contributed by atoms with van der Waals surface area (Å²) < 4.78 is 18.7. The van der Waals surface area contributed by atoms with Crippen LogP contribution in [-0.2, 0) is 6.54 Å². The number of aryl methyl sites for hydroxylation is 1. The molecule has 0 spiro atoms. The lowest BCUT2D eigenvalue weighted by Gasteiger charge is -2.27. The number of benzene rings is 2. The first-order chi connectivity index (χ1) is 12.6. The molecule has 1 aliphatic heterocycles. The summed E-state index contributed by atoms with van der Waals surface area (Å²) in [6.45, 7) is 7.82. The van der Waals surface area contributed by atoms with E-state index in [4.69, 9.17) is 16.3 Å². The molecule has 0 unspecified atom stereocenters. The molecule has 0 N–H and O–H groups in total. The molecule has 2 aromatic rings. The maximum absolute atomic E-state index is 12.9. The summed E-state index contributed by atoms with van der Waals surface area (Å²) in [5.74, 6) is 1.17. The van der Waals surface area contributed by atoms with Gasteiger partial charge in [-0.15, -0.1) is 0 Å². The van der Waals surface area contributed by atoms with E-state index in [2.05, 4.69) is 16.0 Å². The molecule has 0 amide bonds. The van der Waals surface area contributed by atoms with Gasteiger partial charge in [0.2, 0.25) is 0 Å². The van der Waals surface area contributed by atoms with Crippen LogP contribution in [-0.4, -0.2) is 23.9 Å². The van der Waals surface area contributed by atoms with Gasteiger partial charge in [0.25, 0.3) is 0 Å². The molecule has 138 valence electrons. The van der Waals surface area contributed by atoms with Gasteiger partial charge >= 0.3 is 0 Å². The van der Waals surface area contributed by atoms with Gasteiger partial charge in [-0.05, 0) is 60.5 Å². The second-order valence-electron chi connectivity index (χ2n) is 5.69. The van der Waals surface area contributed by atoms with Crippen molar-refractivity contribution in [3.8, 4) is 5.75 Å². The highest BCUT2D eigenvalue weighted by molar-refractivity contribution is 6.30. The van der Waals surface area contributed by atoms with Crippen LogP contribution in [0.15, 0.2) is 59.7 Å². The van der Waals surface area contributed by atoms with E-state index in [1.54, 1.807) is 18.3 Å². The van der Waals surface area contributed by atoms with E-state index in [9.17, 15) is 4.39 Å². The first-order valence-corrected chi connectivity index (χ1v) is 9.09. The molecule has 0 saturated heterocycles. The molecule has 0 aliphatic carbocycles. The average molecular weight is 375 g/mol. The fourth-order valence-corrected chi connectivity index (χ4v) is 2.90. The summed E-state index contributed by atoms with van der Waals surface area (Å²) in [6, 6.07) is 12.0. The predicted octanol–water partition coefficient (Wildman–Crippen LogP) is 5.62. The number of hydrogen-bond donors (Lipinski definition) is 0.